The van der Waals surface area contributed by atoms with Gasteiger partial charge in [0.25, 0.3) is 0 Å². The molecule has 0 fully saturated rings. The SMILES string of the molecule is Cc1ncc(Br)c2cc(Cl)ncc12. The Labute approximate surface area is 89.1 Å². The van der Waals surface area contributed by atoms with Gasteiger partial charge in [0.15, 0.2) is 0 Å². The van der Waals surface area contributed by atoms with Crippen LogP contribution in [0.25, 0.3) is 10.8 Å². The molecule has 2 rings (SSSR count). The number of nitrogens with zero attached hydrogens (tertiary/aromatic N) is 2. The number of halogens is 2. The second kappa shape index (κ2) is 3.24. The highest BCUT2D eigenvalue weighted by Crippen LogP contribution is 2.25. The van der Waals surface area contributed by atoms with E-state index in [-0.39, 0.29) is 0 Å². The lowest BCUT2D eigenvalue weighted by atomic mass is 10.2. The Morgan fingerprint density at radius 1 is 1.23 bits per heavy atom. The van der Waals surface area contributed by atoms with Crippen LogP contribution < -0.4 is 0 Å². The zero-order chi connectivity index (χ0) is 9.42. The van der Waals surface area contributed by atoms with Crippen molar-refractivity contribution in [2.24, 2.45) is 0 Å². The van der Waals surface area contributed by atoms with Crippen LogP contribution in [0.1, 0.15) is 5.69 Å². The molecule has 0 saturated carbocycles. The maximum Gasteiger partial charge on any atom is 0.129 e. The monoisotopic (exact) mass is 256 g/mol. The third-order valence-electron chi connectivity index (χ3n) is 1.89. The Morgan fingerprint density at radius 2 is 2.00 bits per heavy atom. The minimum Gasteiger partial charge on any atom is -0.260 e. The molecule has 4 heteroatoms. The summed E-state index contributed by atoms with van der Waals surface area (Å²) >= 11 is 9.21. The molecule has 0 radical (unpaired) electrons. The fourth-order valence-corrected chi connectivity index (χ4v) is 1.80. The molecule has 0 saturated heterocycles. The Kier molecular flexibility index (Phi) is 2.22. The van der Waals surface area contributed by atoms with Gasteiger partial charge in [0.2, 0.25) is 0 Å². The Morgan fingerprint density at radius 3 is 2.77 bits per heavy atom. The lowest BCUT2D eigenvalue weighted by molar-refractivity contribution is 1.21. The Hall–Kier alpha value is -0.670. The molecule has 2 nitrogen and oxygen atoms in total. The van der Waals surface area contributed by atoms with Crippen molar-refractivity contribution >= 4 is 38.3 Å². The van der Waals surface area contributed by atoms with Crippen molar-refractivity contribution < 1.29 is 0 Å². The topological polar surface area (TPSA) is 25.8 Å². The predicted molar refractivity (Wildman–Crippen MR) is 57.0 cm³/mol. The summed E-state index contributed by atoms with van der Waals surface area (Å²) in [7, 11) is 0. The molecule has 0 N–H and O–H groups in total. The molecule has 0 aliphatic rings. The molecule has 0 aliphatic heterocycles. The average Bonchev–Trinajstić information content (AvgIpc) is 2.12. The molecule has 0 unspecified atom stereocenters. The van der Waals surface area contributed by atoms with E-state index in [0.29, 0.717) is 5.15 Å². The molecule has 0 atom stereocenters. The summed E-state index contributed by atoms with van der Waals surface area (Å²) in [5.74, 6) is 0. The van der Waals surface area contributed by atoms with Crippen molar-refractivity contribution in [1.82, 2.24) is 9.97 Å². The number of rotatable bonds is 0. The van der Waals surface area contributed by atoms with Crippen molar-refractivity contribution in [2.45, 2.75) is 6.92 Å². The summed E-state index contributed by atoms with van der Waals surface area (Å²) in [6.07, 6.45) is 3.51. The minimum absolute atomic E-state index is 0.499. The van der Waals surface area contributed by atoms with Crippen LogP contribution in [0.3, 0.4) is 0 Å². The fourth-order valence-electron chi connectivity index (χ4n) is 1.21. The minimum atomic E-state index is 0.499. The number of hydrogen-bond acceptors (Lipinski definition) is 2. The van der Waals surface area contributed by atoms with Gasteiger partial charge in [-0.3, -0.25) is 4.98 Å². The second-order valence-corrected chi connectivity index (χ2v) is 3.99. The van der Waals surface area contributed by atoms with E-state index in [2.05, 4.69) is 25.9 Å². The van der Waals surface area contributed by atoms with Crippen molar-refractivity contribution in [2.75, 3.05) is 0 Å². The lowest BCUT2D eigenvalue weighted by Gasteiger charge is -2.02. The maximum absolute atomic E-state index is 5.79. The molecule has 13 heavy (non-hydrogen) atoms. The molecular weight excluding hydrogens is 251 g/mol. The summed E-state index contributed by atoms with van der Waals surface area (Å²) in [5.41, 5.74) is 0.961. The van der Waals surface area contributed by atoms with Gasteiger partial charge in [0, 0.05) is 33.3 Å². The average molecular weight is 258 g/mol. The molecule has 0 bridgehead atoms. The Bertz CT molecular complexity index is 470. The summed E-state index contributed by atoms with van der Waals surface area (Å²) in [6.45, 7) is 1.95. The number of hydrogen-bond donors (Lipinski definition) is 0. The smallest absolute Gasteiger partial charge is 0.129 e. The van der Waals surface area contributed by atoms with Crippen molar-refractivity contribution in [3.8, 4) is 0 Å². The first kappa shape index (κ1) is 8.91. The highest BCUT2D eigenvalue weighted by Gasteiger charge is 2.03. The van der Waals surface area contributed by atoms with Gasteiger partial charge in [-0.25, -0.2) is 4.98 Å². The number of aromatic nitrogens is 2. The van der Waals surface area contributed by atoms with E-state index in [1.165, 1.54) is 0 Å². The first-order valence-corrected chi connectivity index (χ1v) is 4.92. The molecular formula is C9H6BrClN2. The van der Waals surface area contributed by atoms with E-state index in [9.17, 15) is 0 Å². The molecule has 0 aliphatic carbocycles. The normalized spacial score (nSPS) is 10.7. The van der Waals surface area contributed by atoms with Crippen LogP contribution in [-0.4, -0.2) is 9.97 Å². The lowest BCUT2D eigenvalue weighted by Crippen LogP contribution is -1.86. The summed E-state index contributed by atoms with van der Waals surface area (Å²) in [4.78, 5) is 8.22. The van der Waals surface area contributed by atoms with Gasteiger partial charge in [-0.15, -0.1) is 0 Å². The van der Waals surface area contributed by atoms with Crippen LogP contribution in [-0.2, 0) is 0 Å². The quantitative estimate of drug-likeness (QED) is 0.676. The molecule has 2 heterocycles. The van der Waals surface area contributed by atoms with Gasteiger partial charge in [0.05, 0.1) is 0 Å². The third kappa shape index (κ3) is 1.54. The molecule has 66 valence electrons. The molecule has 2 aromatic rings. The van der Waals surface area contributed by atoms with E-state index < -0.39 is 0 Å². The zero-order valence-electron chi connectivity index (χ0n) is 6.88. The maximum atomic E-state index is 5.79. The van der Waals surface area contributed by atoms with Gasteiger partial charge in [-0.1, -0.05) is 11.6 Å². The first-order chi connectivity index (χ1) is 6.18. The highest BCUT2D eigenvalue weighted by molar-refractivity contribution is 9.10. The largest absolute Gasteiger partial charge is 0.260 e. The summed E-state index contributed by atoms with van der Waals surface area (Å²) in [6, 6.07) is 1.83. The van der Waals surface area contributed by atoms with E-state index in [0.717, 1.165) is 20.9 Å². The van der Waals surface area contributed by atoms with E-state index >= 15 is 0 Å². The highest BCUT2D eigenvalue weighted by atomic mass is 79.9. The van der Waals surface area contributed by atoms with E-state index in [1.807, 2.05) is 13.0 Å². The van der Waals surface area contributed by atoms with Crippen LogP contribution in [0.15, 0.2) is 22.9 Å². The van der Waals surface area contributed by atoms with Gasteiger partial charge in [-0.2, -0.15) is 0 Å². The van der Waals surface area contributed by atoms with Crippen LogP contribution in [0, 0.1) is 6.92 Å². The van der Waals surface area contributed by atoms with Crippen LogP contribution >= 0.6 is 27.5 Å². The molecule has 0 amide bonds. The van der Waals surface area contributed by atoms with Crippen LogP contribution in [0.2, 0.25) is 5.15 Å². The van der Waals surface area contributed by atoms with Crippen molar-refractivity contribution in [1.29, 1.82) is 0 Å². The van der Waals surface area contributed by atoms with Gasteiger partial charge < -0.3 is 0 Å². The standard InChI is InChI=1S/C9H6BrClN2/c1-5-7-3-13-9(11)2-6(7)8(10)4-12-5/h2-4H,1H3. The van der Waals surface area contributed by atoms with Gasteiger partial charge >= 0.3 is 0 Å². The predicted octanol–water partition coefficient (Wildman–Crippen LogP) is 3.35. The summed E-state index contributed by atoms with van der Waals surface area (Å²) in [5, 5.41) is 2.57. The molecule has 2 aromatic heterocycles. The summed E-state index contributed by atoms with van der Waals surface area (Å²) < 4.78 is 0.942. The third-order valence-corrected chi connectivity index (χ3v) is 2.73. The fraction of sp³-hybridized carbons (Fsp3) is 0.111. The van der Waals surface area contributed by atoms with E-state index in [4.69, 9.17) is 11.6 Å². The number of aryl methyl sites for hydroxylation is 1. The van der Waals surface area contributed by atoms with Crippen molar-refractivity contribution in [3.63, 3.8) is 0 Å². The van der Waals surface area contributed by atoms with Crippen LogP contribution in [0.4, 0.5) is 0 Å². The Balaban J connectivity index is 2.92. The van der Waals surface area contributed by atoms with Gasteiger partial charge in [-0.05, 0) is 28.9 Å². The second-order valence-electron chi connectivity index (χ2n) is 2.74. The van der Waals surface area contributed by atoms with Gasteiger partial charge in [0.1, 0.15) is 5.15 Å². The molecule has 0 spiro atoms. The van der Waals surface area contributed by atoms with Crippen molar-refractivity contribution in [3.05, 3.63) is 33.8 Å². The number of fused-ring (bicyclic) bond motifs is 1. The first-order valence-electron chi connectivity index (χ1n) is 3.75. The van der Waals surface area contributed by atoms with E-state index in [1.54, 1.807) is 12.4 Å². The number of pyridine rings is 2. The van der Waals surface area contributed by atoms with Crippen LogP contribution in [0.5, 0.6) is 0 Å². The molecule has 0 aromatic carbocycles. The zero-order valence-corrected chi connectivity index (χ0v) is 9.22.